The molecule has 0 aliphatic rings. The van der Waals surface area contributed by atoms with Crippen molar-refractivity contribution in [2.75, 3.05) is 0 Å². The summed E-state index contributed by atoms with van der Waals surface area (Å²) in [6.45, 7) is 0. The van der Waals surface area contributed by atoms with E-state index in [1.165, 1.54) is 0 Å². The van der Waals surface area contributed by atoms with Gasteiger partial charge in [0.1, 0.15) is 0 Å². The van der Waals surface area contributed by atoms with Crippen molar-refractivity contribution in [3.05, 3.63) is 0 Å². The van der Waals surface area contributed by atoms with E-state index in [0.717, 1.165) is 0 Å². The average molecular weight is 206 g/mol. The first-order valence-electron chi connectivity index (χ1n) is 0.667. The van der Waals surface area contributed by atoms with Gasteiger partial charge in [0.05, 0.1) is 0 Å². The Hall–Kier alpha value is 2.44. The summed E-state index contributed by atoms with van der Waals surface area (Å²) in [6, 6.07) is 0. The molecule has 0 saturated heterocycles. The third-order valence-electron chi connectivity index (χ3n) is 0. The molecule has 0 aromatic rings. The molecule has 4 nitrogen and oxygen atoms in total. The van der Waals surface area contributed by atoms with E-state index in [4.69, 9.17) is 17.5 Å². The van der Waals surface area contributed by atoms with Crippen molar-refractivity contribution < 1.29 is 75.7 Å². The first-order chi connectivity index (χ1) is 2.00. The largest absolute Gasteiger partial charge is 2.00 e. The van der Waals surface area contributed by atoms with Crippen LogP contribution in [0.25, 0.3) is 0 Å². The molecule has 0 spiro atoms. The van der Waals surface area contributed by atoms with Crippen LogP contribution in [-0.4, -0.2) is 40.6 Å². The first kappa shape index (κ1) is 16.2. The molecule has 0 amide bonds. The Bertz CT molecular complexity index is 94.9. The van der Waals surface area contributed by atoms with Crippen LogP contribution in [0.4, 0.5) is 0 Å². The molecule has 0 bridgehead atoms. The maximum atomic E-state index is 8.52. The van der Waals surface area contributed by atoms with Crippen LogP contribution in [0.3, 0.4) is 0 Å². The van der Waals surface area contributed by atoms with Crippen molar-refractivity contribution in [2.24, 2.45) is 0 Å². The van der Waals surface area contributed by atoms with Crippen LogP contribution in [0.2, 0.25) is 0 Å². The van der Waals surface area contributed by atoms with E-state index < -0.39 is 10.4 Å². The van der Waals surface area contributed by atoms with Crippen LogP contribution < -0.4 is 58.2 Å². The molecule has 0 atom stereocenters. The van der Waals surface area contributed by atoms with E-state index in [-0.39, 0.29) is 81.2 Å². The summed E-state index contributed by atoms with van der Waals surface area (Å²) >= 11 is 0. The fourth-order valence-electron chi connectivity index (χ4n) is 0. The van der Waals surface area contributed by atoms with Gasteiger partial charge in [-0.15, -0.1) is 0 Å². The Morgan fingerprint density at radius 1 is 1.14 bits per heavy atom. The molecular weight excluding hydrogens is 206 g/mol. The van der Waals surface area contributed by atoms with Crippen LogP contribution in [0.1, 0.15) is 0 Å². The summed E-state index contributed by atoms with van der Waals surface area (Å²) in [5, 5.41) is 0. The molecular formula is MgO4RbS+. The quantitative estimate of drug-likeness (QED) is 0.226. The zero-order valence-corrected chi connectivity index (χ0v) is 10.9. The van der Waals surface area contributed by atoms with Gasteiger partial charge in [-0.3, -0.25) is 8.42 Å². The van der Waals surface area contributed by atoms with Crippen molar-refractivity contribution >= 4 is 33.5 Å². The topological polar surface area (TPSA) is 80.3 Å². The minimum atomic E-state index is -5.17. The number of hydrogen-bond donors (Lipinski definition) is 0. The van der Waals surface area contributed by atoms with Gasteiger partial charge in [0, 0.05) is 10.4 Å². The molecule has 0 N–H and O–H groups in total. The van der Waals surface area contributed by atoms with Gasteiger partial charge in [0.15, 0.2) is 0 Å². The summed E-state index contributed by atoms with van der Waals surface area (Å²) in [5.74, 6) is 0. The van der Waals surface area contributed by atoms with E-state index in [9.17, 15) is 0 Å². The third kappa shape index (κ3) is 58.8. The second-order valence-electron chi connectivity index (χ2n) is 0.408. The van der Waals surface area contributed by atoms with E-state index in [1.807, 2.05) is 0 Å². The van der Waals surface area contributed by atoms with Gasteiger partial charge in [0.25, 0.3) is 0 Å². The predicted octanol–water partition coefficient (Wildman–Crippen LogP) is -4.71. The minimum absolute atomic E-state index is 0. The van der Waals surface area contributed by atoms with Gasteiger partial charge in [-0.2, -0.15) is 0 Å². The van der Waals surface area contributed by atoms with Crippen molar-refractivity contribution in [2.45, 2.75) is 0 Å². The van der Waals surface area contributed by atoms with E-state index in [1.54, 1.807) is 0 Å². The maximum Gasteiger partial charge on any atom is 2.00 e. The maximum absolute atomic E-state index is 8.52. The Morgan fingerprint density at radius 2 is 1.14 bits per heavy atom. The normalized spacial score (nSPS) is 8.29. The summed E-state index contributed by atoms with van der Waals surface area (Å²) in [4.78, 5) is 0. The average Bonchev–Trinajstić information content (AvgIpc) is 0.722. The summed E-state index contributed by atoms with van der Waals surface area (Å²) in [7, 11) is -5.17. The summed E-state index contributed by atoms with van der Waals surface area (Å²) in [6.07, 6.45) is 0. The Labute approximate surface area is 107 Å². The molecule has 0 aromatic carbocycles. The molecule has 0 rings (SSSR count). The molecule has 0 saturated carbocycles. The van der Waals surface area contributed by atoms with Crippen molar-refractivity contribution in [3.63, 3.8) is 0 Å². The monoisotopic (exact) mass is 205 g/mol. The van der Waals surface area contributed by atoms with E-state index in [0.29, 0.717) is 0 Å². The fourth-order valence-corrected chi connectivity index (χ4v) is 0. The molecule has 0 fully saturated rings. The van der Waals surface area contributed by atoms with Crippen LogP contribution in [0, 0.1) is 0 Å². The second kappa shape index (κ2) is 6.56. The van der Waals surface area contributed by atoms with Crippen LogP contribution in [0.5, 0.6) is 0 Å². The summed E-state index contributed by atoms with van der Waals surface area (Å²) in [5.41, 5.74) is 0. The predicted molar refractivity (Wildman–Crippen MR) is 16.2 cm³/mol. The number of hydrogen-bond acceptors (Lipinski definition) is 4. The second-order valence-corrected chi connectivity index (χ2v) is 1.22. The third-order valence-corrected chi connectivity index (χ3v) is 0. The van der Waals surface area contributed by atoms with Gasteiger partial charge in [-0.05, 0) is 0 Å². The Balaban J connectivity index is -0.0000000800. The van der Waals surface area contributed by atoms with Gasteiger partial charge >= 0.3 is 81.2 Å². The molecule has 0 heterocycles. The molecule has 0 aliphatic heterocycles. The van der Waals surface area contributed by atoms with Crippen molar-refractivity contribution in [1.82, 2.24) is 0 Å². The standard InChI is InChI=1S/Mg.H2O4S.Rb/c;1-5(2,3)4;/h;(H2,1,2,3,4);/q+2;;+1/p-2. The van der Waals surface area contributed by atoms with Crippen molar-refractivity contribution in [1.29, 1.82) is 0 Å². The van der Waals surface area contributed by atoms with Crippen LogP contribution in [-0.2, 0) is 10.4 Å². The molecule has 0 aromatic heterocycles. The fraction of sp³-hybridized carbons (Fsp3) is 0. The Kier molecular flexibility index (Phi) is 15.2. The van der Waals surface area contributed by atoms with Crippen molar-refractivity contribution in [3.8, 4) is 0 Å². The minimum Gasteiger partial charge on any atom is -0.759 e. The SMILES string of the molecule is O=S(=O)([O-])[O-].[Mg+2].[Rb+]. The van der Waals surface area contributed by atoms with Gasteiger partial charge in [-0.1, -0.05) is 0 Å². The van der Waals surface area contributed by atoms with E-state index >= 15 is 0 Å². The molecule has 0 aliphatic carbocycles. The van der Waals surface area contributed by atoms with Crippen LogP contribution >= 0.6 is 0 Å². The van der Waals surface area contributed by atoms with Crippen LogP contribution in [0.15, 0.2) is 0 Å². The zero-order valence-electron chi connectivity index (χ0n) is 3.75. The zero-order chi connectivity index (χ0) is 4.50. The Morgan fingerprint density at radius 3 is 1.14 bits per heavy atom. The first-order valence-corrected chi connectivity index (χ1v) is 2.00. The smallest absolute Gasteiger partial charge is 0.759 e. The van der Waals surface area contributed by atoms with E-state index in [2.05, 4.69) is 0 Å². The molecule has 0 unspecified atom stereocenters. The molecule has 7 heavy (non-hydrogen) atoms. The van der Waals surface area contributed by atoms with Gasteiger partial charge in [-0.25, -0.2) is 0 Å². The molecule has 0 radical (unpaired) electrons. The van der Waals surface area contributed by atoms with Gasteiger partial charge in [0.2, 0.25) is 0 Å². The van der Waals surface area contributed by atoms with Gasteiger partial charge < -0.3 is 9.11 Å². The number of rotatable bonds is 0. The molecule has 32 valence electrons. The molecule has 7 heteroatoms. The summed E-state index contributed by atoms with van der Waals surface area (Å²) < 4.78 is 34.1.